The van der Waals surface area contributed by atoms with Crippen LogP contribution in [-0.4, -0.2) is 20.9 Å². The number of benzene rings is 1. The number of carbonyl (C=O) groups excluding carboxylic acids is 1. The molecule has 0 atom stereocenters. The van der Waals surface area contributed by atoms with Crippen LogP contribution in [0.25, 0.3) is 11.0 Å². The van der Waals surface area contributed by atoms with Crippen LogP contribution >= 0.6 is 11.6 Å². The predicted molar refractivity (Wildman–Crippen MR) is 97.7 cm³/mol. The summed E-state index contributed by atoms with van der Waals surface area (Å²) in [7, 11) is 0. The molecule has 2 N–H and O–H groups in total. The maximum absolute atomic E-state index is 12.6. The molecule has 128 valence electrons. The quantitative estimate of drug-likeness (QED) is 0.737. The van der Waals surface area contributed by atoms with E-state index < -0.39 is 0 Å². The number of halogens is 1. The molecule has 6 heteroatoms. The van der Waals surface area contributed by atoms with E-state index in [0.717, 1.165) is 29.7 Å². The lowest BCUT2D eigenvalue weighted by molar-refractivity contribution is 0.0947. The van der Waals surface area contributed by atoms with Crippen LogP contribution in [0, 0.1) is 0 Å². The summed E-state index contributed by atoms with van der Waals surface area (Å²) in [6, 6.07) is 9.31. The zero-order valence-electron chi connectivity index (χ0n) is 13.8. The molecule has 1 amide bonds. The van der Waals surface area contributed by atoms with Crippen LogP contribution < -0.4 is 5.32 Å². The Morgan fingerprint density at radius 2 is 2.04 bits per heavy atom. The Morgan fingerprint density at radius 1 is 1.24 bits per heavy atom. The van der Waals surface area contributed by atoms with Gasteiger partial charge in [0.15, 0.2) is 5.69 Å². The first kappa shape index (κ1) is 16.1. The number of aromatic nitrogens is 3. The van der Waals surface area contributed by atoms with Crippen LogP contribution in [0.5, 0.6) is 0 Å². The summed E-state index contributed by atoms with van der Waals surface area (Å²) in [6.07, 6.45) is 6.42. The Kier molecular flexibility index (Phi) is 4.40. The first-order valence-electron chi connectivity index (χ1n) is 8.58. The van der Waals surface area contributed by atoms with Crippen LogP contribution in [-0.2, 0) is 6.54 Å². The van der Waals surface area contributed by atoms with Crippen LogP contribution in [0.2, 0.25) is 5.02 Å². The molecule has 4 rings (SSSR count). The van der Waals surface area contributed by atoms with Crippen molar-refractivity contribution < 1.29 is 4.79 Å². The van der Waals surface area contributed by atoms with Crippen molar-refractivity contribution in [1.29, 1.82) is 0 Å². The first-order valence-corrected chi connectivity index (χ1v) is 8.96. The fourth-order valence-corrected chi connectivity index (χ4v) is 3.62. The molecule has 2 aromatic heterocycles. The van der Waals surface area contributed by atoms with Gasteiger partial charge in [-0.3, -0.25) is 4.79 Å². The Morgan fingerprint density at radius 3 is 2.84 bits per heavy atom. The second-order valence-electron chi connectivity index (χ2n) is 6.43. The summed E-state index contributed by atoms with van der Waals surface area (Å²) >= 11 is 6.14. The standard InChI is InChI=1S/C19H19ClN4O/c20-14-8-4-3-7-13(14)11-22-19(25)17-16-15(9-10-21-17)23-18(24-16)12-5-1-2-6-12/h3-4,7-10,12H,1-2,5-6,11H2,(H,22,25)(H,23,24). The minimum absolute atomic E-state index is 0.229. The number of rotatable bonds is 4. The third-order valence-electron chi connectivity index (χ3n) is 4.78. The molecule has 25 heavy (non-hydrogen) atoms. The van der Waals surface area contributed by atoms with Crippen LogP contribution in [0.1, 0.15) is 53.5 Å². The highest BCUT2D eigenvalue weighted by molar-refractivity contribution is 6.31. The van der Waals surface area contributed by atoms with Crippen molar-refractivity contribution >= 4 is 28.5 Å². The van der Waals surface area contributed by atoms with Crippen molar-refractivity contribution in [3.63, 3.8) is 0 Å². The van der Waals surface area contributed by atoms with Gasteiger partial charge in [-0.15, -0.1) is 0 Å². The second-order valence-corrected chi connectivity index (χ2v) is 6.84. The molecule has 1 fully saturated rings. The molecule has 0 aliphatic heterocycles. The molecule has 2 heterocycles. The number of imidazole rings is 1. The van der Waals surface area contributed by atoms with Gasteiger partial charge in [0.2, 0.25) is 0 Å². The summed E-state index contributed by atoms with van der Waals surface area (Å²) in [5.41, 5.74) is 2.75. The fraction of sp³-hybridized carbons (Fsp3) is 0.316. The van der Waals surface area contributed by atoms with Gasteiger partial charge in [-0.2, -0.15) is 0 Å². The first-order chi connectivity index (χ1) is 12.2. The Hall–Kier alpha value is -2.40. The molecule has 0 bridgehead atoms. The van der Waals surface area contributed by atoms with E-state index in [1.807, 2.05) is 30.3 Å². The molecular weight excluding hydrogens is 336 g/mol. The van der Waals surface area contributed by atoms with Gasteiger partial charge in [0.25, 0.3) is 5.91 Å². The highest BCUT2D eigenvalue weighted by Crippen LogP contribution is 2.33. The molecule has 5 nitrogen and oxygen atoms in total. The maximum atomic E-state index is 12.6. The fourth-order valence-electron chi connectivity index (χ4n) is 3.42. The molecule has 1 aliphatic carbocycles. The topological polar surface area (TPSA) is 70.7 Å². The van der Waals surface area contributed by atoms with Gasteiger partial charge in [0.05, 0.1) is 11.0 Å². The van der Waals surface area contributed by atoms with Crippen LogP contribution in [0.4, 0.5) is 0 Å². The monoisotopic (exact) mass is 354 g/mol. The number of nitrogens with zero attached hydrogens (tertiary/aromatic N) is 2. The van der Waals surface area contributed by atoms with E-state index in [9.17, 15) is 4.79 Å². The van der Waals surface area contributed by atoms with Gasteiger partial charge in [-0.25, -0.2) is 9.97 Å². The summed E-state index contributed by atoms with van der Waals surface area (Å²) in [5.74, 6) is 1.21. The molecular formula is C19H19ClN4O. The molecule has 1 aliphatic rings. The van der Waals surface area contributed by atoms with Crippen molar-refractivity contribution in [2.45, 2.75) is 38.1 Å². The predicted octanol–water partition coefficient (Wildman–Crippen LogP) is 4.20. The van der Waals surface area contributed by atoms with Crippen molar-refractivity contribution in [1.82, 2.24) is 20.3 Å². The zero-order valence-corrected chi connectivity index (χ0v) is 14.5. The number of nitrogens with one attached hydrogen (secondary N) is 2. The third kappa shape index (κ3) is 3.24. The number of hydrogen-bond donors (Lipinski definition) is 2. The van der Waals surface area contributed by atoms with E-state index in [-0.39, 0.29) is 5.91 Å². The van der Waals surface area contributed by atoms with Gasteiger partial charge in [-0.1, -0.05) is 42.6 Å². The minimum Gasteiger partial charge on any atom is -0.346 e. The molecule has 3 aromatic rings. The maximum Gasteiger partial charge on any atom is 0.272 e. The van der Waals surface area contributed by atoms with E-state index in [0.29, 0.717) is 28.7 Å². The zero-order chi connectivity index (χ0) is 17.2. The third-order valence-corrected chi connectivity index (χ3v) is 5.15. The lowest BCUT2D eigenvalue weighted by Crippen LogP contribution is -2.24. The number of fused-ring (bicyclic) bond motifs is 1. The van der Waals surface area contributed by atoms with Gasteiger partial charge >= 0.3 is 0 Å². The summed E-state index contributed by atoms with van der Waals surface area (Å²) < 4.78 is 0. The average molecular weight is 355 g/mol. The van der Waals surface area contributed by atoms with Crippen LogP contribution in [0.15, 0.2) is 36.5 Å². The van der Waals surface area contributed by atoms with E-state index in [1.54, 1.807) is 6.20 Å². The summed E-state index contributed by atoms with van der Waals surface area (Å²) in [4.78, 5) is 24.9. The van der Waals surface area contributed by atoms with Crippen LogP contribution in [0.3, 0.4) is 0 Å². The van der Waals surface area contributed by atoms with Gasteiger partial charge < -0.3 is 10.3 Å². The molecule has 0 spiro atoms. The average Bonchev–Trinajstić information content (AvgIpc) is 3.29. The summed E-state index contributed by atoms with van der Waals surface area (Å²) in [6.45, 7) is 0.361. The number of H-pyrrole nitrogens is 1. The van der Waals surface area contributed by atoms with Gasteiger partial charge in [-0.05, 0) is 30.5 Å². The summed E-state index contributed by atoms with van der Waals surface area (Å²) in [5, 5.41) is 3.53. The molecule has 1 saturated carbocycles. The molecule has 0 unspecified atom stereocenters. The van der Waals surface area contributed by atoms with E-state index >= 15 is 0 Å². The number of carbonyl (C=O) groups is 1. The number of aromatic amines is 1. The van der Waals surface area contributed by atoms with E-state index in [1.165, 1.54) is 12.8 Å². The van der Waals surface area contributed by atoms with Crippen molar-refractivity contribution in [2.75, 3.05) is 0 Å². The highest BCUT2D eigenvalue weighted by Gasteiger charge is 2.22. The van der Waals surface area contributed by atoms with Gasteiger partial charge in [0, 0.05) is 23.7 Å². The SMILES string of the molecule is O=C(NCc1ccccc1Cl)c1nccc2nc(C3CCCC3)[nH]c12. The molecule has 0 saturated heterocycles. The molecule has 0 radical (unpaired) electrons. The van der Waals surface area contributed by atoms with Gasteiger partial charge in [0.1, 0.15) is 5.82 Å². The Balaban J connectivity index is 1.57. The minimum atomic E-state index is -0.229. The normalized spacial score (nSPS) is 14.9. The molecule has 1 aromatic carbocycles. The highest BCUT2D eigenvalue weighted by atomic mass is 35.5. The Labute approximate surface area is 150 Å². The van der Waals surface area contributed by atoms with Crippen molar-refractivity contribution in [3.05, 3.63) is 58.6 Å². The largest absolute Gasteiger partial charge is 0.346 e. The van der Waals surface area contributed by atoms with Crippen molar-refractivity contribution in [3.8, 4) is 0 Å². The van der Waals surface area contributed by atoms with E-state index in [2.05, 4.69) is 20.3 Å². The lowest BCUT2D eigenvalue weighted by Gasteiger charge is -2.07. The second kappa shape index (κ2) is 6.84. The van der Waals surface area contributed by atoms with E-state index in [4.69, 9.17) is 11.6 Å². The number of hydrogen-bond acceptors (Lipinski definition) is 3. The number of pyridine rings is 1. The number of amides is 1. The van der Waals surface area contributed by atoms with Crippen molar-refractivity contribution in [2.24, 2.45) is 0 Å². The Bertz CT molecular complexity index is 915. The lowest BCUT2D eigenvalue weighted by atomic mass is 10.1. The smallest absolute Gasteiger partial charge is 0.272 e.